The van der Waals surface area contributed by atoms with Crippen molar-refractivity contribution in [2.24, 2.45) is 0 Å². The second-order valence-corrected chi connectivity index (χ2v) is 18.8. The molecule has 0 amide bonds. The van der Waals surface area contributed by atoms with Gasteiger partial charge >= 0.3 is 15.6 Å². The summed E-state index contributed by atoms with van der Waals surface area (Å²) in [6, 6.07) is 19.1. The predicted molar refractivity (Wildman–Crippen MR) is 157 cm³/mol. The molecule has 2 aromatic carbocycles. The van der Waals surface area contributed by atoms with E-state index in [1.807, 2.05) is 101 Å². The molecule has 1 saturated heterocycles. The lowest BCUT2D eigenvalue weighted by Gasteiger charge is -2.41. The van der Waals surface area contributed by atoms with Crippen molar-refractivity contribution in [3.05, 3.63) is 71.8 Å². The topological polar surface area (TPSA) is 80.3 Å². The smallest absolute Gasteiger partial charge is 0.411 e. The highest BCUT2D eigenvalue weighted by atomic mass is 32.2. The Labute approximate surface area is 248 Å². The summed E-state index contributed by atoms with van der Waals surface area (Å²) in [5.74, 6) is 0. The van der Waals surface area contributed by atoms with Crippen LogP contribution >= 0.6 is 0 Å². The second-order valence-electron chi connectivity index (χ2n) is 12.4. The van der Waals surface area contributed by atoms with E-state index in [1.165, 1.54) is 0 Å². The van der Waals surface area contributed by atoms with Gasteiger partial charge in [0.25, 0.3) is 0 Å². The molecule has 1 aliphatic rings. The standard InChI is InChI=1S/C30H43F3O7SSi/c1-28(2,3)42(5,6)40-25-17-18-29(4,37-20-24-15-11-8-12-16-24)27(22-36-19-23-13-9-7-10-14-23)39-26(25)21-38-41(34,35)30(31,32)33/h7-16,25-27H,17-22H2,1-6H3/t25-,26+,27-,29+/m0/s1. The van der Waals surface area contributed by atoms with Crippen molar-refractivity contribution in [1.82, 2.24) is 0 Å². The van der Waals surface area contributed by atoms with Crippen LogP contribution in [0.5, 0.6) is 0 Å². The third-order valence-electron chi connectivity index (χ3n) is 8.08. The van der Waals surface area contributed by atoms with Crippen molar-refractivity contribution < 1.29 is 44.4 Å². The molecule has 0 radical (unpaired) electrons. The number of halogens is 3. The van der Waals surface area contributed by atoms with Gasteiger partial charge in [-0.1, -0.05) is 81.4 Å². The Morgan fingerprint density at radius 1 is 0.929 bits per heavy atom. The molecule has 1 aliphatic heterocycles. The van der Waals surface area contributed by atoms with Crippen molar-refractivity contribution in [1.29, 1.82) is 0 Å². The Morgan fingerprint density at radius 3 is 2.00 bits per heavy atom. The van der Waals surface area contributed by atoms with E-state index in [2.05, 4.69) is 4.18 Å². The number of rotatable bonds is 12. The fourth-order valence-electron chi connectivity index (χ4n) is 4.34. The molecule has 236 valence electrons. The lowest BCUT2D eigenvalue weighted by Crippen LogP contribution is -2.50. The maximum atomic E-state index is 13.2. The molecule has 1 fully saturated rings. The summed E-state index contributed by atoms with van der Waals surface area (Å²) in [4.78, 5) is 0. The predicted octanol–water partition coefficient (Wildman–Crippen LogP) is 6.98. The molecule has 0 unspecified atom stereocenters. The van der Waals surface area contributed by atoms with E-state index in [4.69, 9.17) is 18.6 Å². The number of alkyl halides is 3. The highest BCUT2D eigenvalue weighted by Gasteiger charge is 2.50. The summed E-state index contributed by atoms with van der Waals surface area (Å²) in [6.45, 7) is 11.8. The van der Waals surface area contributed by atoms with Gasteiger partial charge in [0.2, 0.25) is 0 Å². The van der Waals surface area contributed by atoms with E-state index in [0.717, 1.165) is 11.1 Å². The fraction of sp³-hybridized carbons (Fsp3) is 0.600. The van der Waals surface area contributed by atoms with Gasteiger partial charge in [-0.15, -0.1) is 0 Å². The van der Waals surface area contributed by atoms with Gasteiger partial charge in [0.15, 0.2) is 8.32 Å². The third kappa shape index (κ3) is 9.35. The summed E-state index contributed by atoms with van der Waals surface area (Å²) in [5.41, 5.74) is -4.61. The largest absolute Gasteiger partial charge is 0.523 e. The van der Waals surface area contributed by atoms with E-state index in [-0.39, 0.29) is 24.9 Å². The molecule has 3 rings (SSSR count). The molecule has 0 N–H and O–H groups in total. The first-order chi connectivity index (χ1) is 19.4. The maximum absolute atomic E-state index is 13.2. The molecule has 12 heteroatoms. The zero-order valence-electron chi connectivity index (χ0n) is 25.1. The van der Waals surface area contributed by atoms with E-state index >= 15 is 0 Å². The van der Waals surface area contributed by atoms with Crippen molar-refractivity contribution in [3.8, 4) is 0 Å². The normalized spacial score (nSPS) is 24.4. The Hall–Kier alpha value is -1.80. The molecular weight excluding hydrogens is 589 g/mol. The average molecular weight is 633 g/mol. The first-order valence-corrected chi connectivity index (χ1v) is 18.3. The van der Waals surface area contributed by atoms with Crippen LogP contribution in [0.15, 0.2) is 60.7 Å². The van der Waals surface area contributed by atoms with Gasteiger partial charge in [-0.25, -0.2) is 0 Å². The SMILES string of the molecule is CC(C)(C)[Si](C)(C)O[C@H]1CC[C@@](C)(OCc2ccccc2)[C@H](COCc2ccccc2)O[C@@H]1COS(=O)(=O)C(F)(F)F. The first kappa shape index (κ1) is 34.7. The van der Waals surface area contributed by atoms with Crippen molar-refractivity contribution in [2.45, 2.75) is 101 Å². The van der Waals surface area contributed by atoms with Crippen LogP contribution in [-0.4, -0.2) is 59.4 Å². The van der Waals surface area contributed by atoms with Gasteiger partial charge in [-0.3, -0.25) is 4.18 Å². The molecule has 0 saturated carbocycles. The molecule has 4 atom stereocenters. The van der Waals surface area contributed by atoms with E-state index in [9.17, 15) is 21.6 Å². The average Bonchev–Trinajstić information content (AvgIpc) is 3.03. The summed E-state index contributed by atoms with van der Waals surface area (Å²) in [5, 5.41) is -0.214. The Kier molecular flexibility index (Phi) is 11.5. The van der Waals surface area contributed by atoms with Crippen LogP contribution in [0.3, 0.4) is 0 Å². The van der Waals surface area contributed by atoms with Crippen molar-refractivity contribution >= 4 is 18.4 Å². The Bertz CT molecular complexity index is 1220. The molecule has 0 aliphatic carbocycles. The molecule has 1 heterocycles. The summed E-state index contributed by atoms with van der Waals surface area (Å²) in [6.07, 6.45) is -1.83. The fourth-order valence-corrected chi connectivity index (χ4v) is 6.17. The molecule has 0 bridgehead atoms. The lowest BCUT2D eigenvalue weighted by atomic mass is 9.92. The van der Waals surface area contributed by atoms with E-state index < -0.39 is 54.5 Å². The molecular formula is C30H43F3O7SSi. The van der Waals surface area contributed by atoms with Gasteiger partial charge in [-0.05, 0) is 49.0 Å². The molecule has 2 aromatic rings. The summed E-state index contributed by atoms with van der Waals surface area (Å²) < 4.78 is 93.2. The highest BCUT2D eigenvalue weighted by Crippen LogP contribution is 2.41. The summed E-state index contributed by atoms with van der Waals surface area (Å²) >= 11 is 0. The molecule has 0 spiro atoms. The lowest BCUT2D eigenvalue weighted by molar-refractivity contribution is -0.184. The minimum atomic E-state index is -5.84. The number of ether oxygens (including phenoxy) is 3. The first-order valence-electron chi connectivity index (χ1n) is 14.0. The third-order valence-corrected chi connectivity index (χ3v) is 13.6. The van der Waals surface area contributed by atoms with Crippen LogP contribution in [0.25, 0.3) is 0 Å². The van der Waals surface area contributed by atoms with Crippen molar-refractivity contribution in [2.75, 3.05) is 13.2 Å². The Balaban J connectivity index is 1.91. The highest BCUT2D eigenvalue weighted by molar-refractivity contribution is 7.87. The quantitative estimate of drug-likeness (QED) is 0.142. The van der Waals surface area contributed by atoms with Crippen LogP contribution in [0.1, 0.15) is 51.7 Å². The van der Waals surface area contributed by atoms with Gasteiger partial charge in [0.05, 0.1) is 38.1 Å². The van der Waals surface area contributed by atoms with Crippen LogP contribution < -0.4 is 0 Å². The van der Waals surface area contributed by atoms with Gasteiger partial charge < -0.3 is 18.6 Å². The van der Waals surface area contributed by atoms with Crippen LogP contribution in [0.2, 0.25) is 18.1 Å². The van der Waals surface area contributed by atoms with Crippen molar-refractivity contribution in [3.63, 3.8) is 0 Å². The van der Waals surface area contributed by atoms with Crippen LogP contribution in [0, 0.1) is 0 Å². The minimum absolute atomic E-state index is 0.0511. The van der Waals surface area contributed by atoms with Gasteiger partial charge in [0, 0.05) is 0 Å². The molecule has 7 nitrogen and oxygen atoms in total. The van der Waals surface area contributed by atoms with Gasteiger partial charge in [0.1, 0.15) is 12.2 Å². The van der Waals surface area contributed by atoms with Crippen LogP contribution in [0.4, 0.5) is 13.2 Å². The van der Waals surface area contributed by atoms with E-state index in [0.29, 0.717) is 12.8 Å². The molecule has 0 aromatic heterocycles. The Morgan fingerprint density at radius 2 is 1.48 bits per heavy atom. The number of hydrogen-bond acceptors (Lipinski definition) is 7. The summed E-state index contributed by atoms with van der Waals surface area (Å²) in [7, 11) is -8.29. The minimum Gasteiger partial charge on any atom is -0.411 e. The number of hydrogen-bond donors (Lipinski definition) is 0. The zero-order valence-corrected chi connectivity index (χ0v) is 27.0. The van der Waals surface area contributed by atoms with Gasteiger partial charge in [-0.2, -0.15) is 21.6 Å². The van der Waals surface area contributed by atoms with Crippen LogP contribution in [-0.2, 0) is 46.2 Å². The monoisotopic (exact) mass is 632 g/mol. The van der Waals surface area contributed by atoms with E-state index in [1.54, 1.807) is 0 Å². The maximum Gasteiger partial charge on any atom is 0.523 e. The molecule has 42 heavy (non-hydrogen) atoms. The zero-order chi connectivity index (χ0) is 31.2. The number of benzene rings is 2. The second kappa shape index (κ2) is 13.9.